The summed E-state index contributed by atoms with van der Waals surface area (Å²) >= 11 is 0. The topological polar surface area (TPSA) is 93.1 Å². The summed E-state index contributed by atoms with van der Waals surface area (Å²) in [7, 11) is -2.74. The van der Waals surface area contributed by atoms with Crippen molar-refractivity contribution in [3.8, 4) is 0 Å². The van der Waals surface area contributed by atoms with Gasteiger partial charge < -0.3 is 4.74 Å². The fraction of sp³-hybridized carbons (Fsp3) is 0.150. The van der Waals surface area contributed by atoms with E-state index in [9.17, 15) is 18.0 Å². The third-order valence-corrected chi connectivity index (χ3v) is 5.55. The predicted molar refractivity (Wildman–Crippen MR) is 106 cm³/mol. The summed E-state index contributed by atoms with van der Waals surface area (Å²) in [6.45, 7) is 6.62. The third kappa shape index (κ3) is 4.72. The van der Waals surface area contributed by atoms with E-state index in [1.165, 1.54) is 31.3 Å². The number of amidine groups is 1. The van der Waals surface area contributed by atoms with Crippen molar-refractivity contribution in [2.45, 2.75) is 18.7 Å². The van der Waals surface area contributed by atoms with Crippen LogP contribution in [-0.4, -0.2) is 37.9 Å². The molecule has 0 aliphatic heterocycles. The molecule has 0 heterocycles. The summed E-state index contributed by atoms with van der Waals surface area (Å²) in [6, 6.07) is 12.6. The molecule has 146 valence electrons. The van der Waals surface area contributed by atoms with Crippen LogP contribution in [0.2, 0.25) is 0 Å². The molecule has 2 aromatic carbocycles. The van der Waals surface area contributed by atoms with Crippen LogP contribution in [0.3, 0.4) is 0 Å². The lowest BCUT2D eigenvalue weighted by Crippen LogP contribution is -2.35. The van der Waals surface area contributed by atoms with Crippen molar-refractivity contribution in [2.24, 2.45) is 4.99 Å². The second kappa shape index (κ2) is 8.62. The van der Waals surface area contributed by atoms with Gasteiger partial charge in [0.1, 0.15) is 0 Å². The molecule has 28 heavy (non-hydrogen) atoms. The molecular weight excluding hydrogens is 380 g/mol. The number of hydrogen-bond donors (Lipinski definition) is 0. The zero-order valence-electron chi connectivity index (χ0n) is 15.7. The Morgan fingerprint density at radius 3 is 2.32 bits per heavy atom. The van der Waals surface area contributed by atoms with E-state index >= 15 is 0 Å². The molecule has 0 atom stereocenters. The monoisotopic (exact) mass is 400 g/mol. The van der Waals surface area contributed by atoms with Crippen molar-refractivity contribution in [1.82, 2.24) is 4.31 Å². The van der Waals surface area contributed by atoms with Crippen LogP contribution in [0.4, 0.5) is 5.69 Å². The van der Waals surface area contributed by atoms with Crippen molar-refractivity contribution >= 4 is 33.8 Å². The number of carbonyl (C=O) groups excluding carboxylic acids is 2. The first-order valence-corrected chi connectivity index (χ1v) is 9.67. The highest BCUT2D eigenvalue weighted by Crippen LogP contribution is 2.23. The highest BCUT2D eigenvalue weighted by atomic mass is 32.2. The van der Waals surface area contributed by atoms with E-state index in [4.69, 9.17) is 4.74 Å². The molecule has 0 aliphatic carbocycles. The molecular formula is C20H20N2O5S. The number of benzene rings is 2. The maximum atomic E-state index is 13.0. The Hall–Kier alpha value is -3.26. The van der Waals surface area contributed by atoms with Crippen LogP contribution in [-0.2, 0) is 19.6 Å². The first kappa shape index (κ1) is 21.0. The zero-order chi connectivity index (χ0) is 20.9. The number of aliphatic imine (C=N–C) groups is 1. The summed E-state index contributed by atoms with van der Waals surface area (Å²) in [4.78, 5) is 26.9. The van der Waals surface area contributed by atoms with Crippen LogP contribution in [0.25, 0.3) is 0 Å². The molecule has 0 radical (unpaired) electrons. The Bertz CT molecular complexity index is 1040. The summed E-state index contributed by atoms with van der Waals surface area (Å²) in [5.41, 5.74) is 1.36. The van der Waals surface area contributed by atoms with Gasteiger partial charge in [-0.25, -0.2) is 17.7 Å². The van der Waals surface area contributed by atoms with Gasteiger partial charge in [0.25, 0.3) is 10.0 Å². The molecule has 8 heteroatoms. The van der Waals surface area contributed by atoms with E-state index in [1.54, 1.807) is 24.3 Å². The first-order valence-electron chi connectivity index (χ1n) is 8.23. The van der Waals surface area contributed by atoms with Crippen molar-refractivity contribution in [1.29, 1.82) is 0 Å². The van der Waals surface area contributed by atoms with E-state index < -0.39 is 16.0 Å². The average molecular weight is 400 g/mol. The van der Waals surface area contributed by atoms with Gasteiger partial charge in [0.15, 0.2) is 17.9 Å². The number of sulfonamides is 1. The van der Waals surface area contributed by atoms with Gasteiger partial charge in [-0.3, -0.25) is 9.59 Å². The number of likely N-dealkylation sites (N-methyl/N-ethyl adjacent to an activating group) is 1. The van der Waals surface area contributed by atoms with Crippen molar-refractivity contribution < 1.29 is 22.7 Å². The molecule has 2 aromatic rings. The lowest BCUT2D eigenvalue weighted by Gasteiger charge is -2.22. The molecule has 0 saturated heterocycles. The Kier molecular flexibility index (Phi) is 6.48. The number of ether oxygens (including phenoxy) is 1. The van der Waals surface area contributed by atoms with Crippen molar-refractivity contribution in [3.05, 3.63) is 72.0 Å². The van der Waals surface area contributed by atoms with E-state index in [0.717, 1.165) is 16.8 Å². The quantitative estimate of drug-likeness (QED) is 0.244. The standard InChI is InChI=1S/C20H20N2O5S/c1-14-9-11-18(12-10-14)28(25,26)22(4)20(15(2)27-16(3)24)21-19-8-6-5-7-17(19)13-23/h5-13H,2H2,1,3-4H3. The normalized spacial score (nSPS) is 11.6. The predicted octanol–water partition coefficient (Wildman–Crippen LogP) is 3.24. The van der Waals surface area contributed by atoms with Gasteiger partial charge in [-0.1, -0.05) is 36.4 Å². The van der Waals surface area contributed by atoms with Crippen LogP contribution in [0.15, 0.2) is 70.8 Å². The van der Waals surface area contributed by atoms with Crippen molar-refractivity contribution in [2.75, 3.05) is 7.05 Å². The minimum Gasteiger partial charge on any atom is -0.423 e. The Labute approximate surface area is 164 Å². The van der Waals surface area contributed by atoms with Gasteiger partial charge in [0.05, 0.1) is 10.6 Å². The molecule has 0 aromatic heterocycles. The number of hydrogen-bond acceptors (Lipinski definition) is 6. The molecule has 2 rings (SSSR count). The van der Waals surface area contributed by atoms with Gasteiger partial charge in [-0.2, -0.15) is 0 Å². The largest absolute Gasteiger partial charge is 0.423 e. The van der Waals surface area contributed by atoms with E-state index in [2.05, 4.69) is 11.6 Å². The van der Waals surface area contributed by atoms with Gasteiger partial charge >= 0.3 is 5.97 Å². The molecule has 0 fully saturated rings. The van der Waals surface area contributed by atoms with E-state index in [1.807, 2.05) is 6.92 Å². The maximum Gasteiger partial charge on any atom is 0.308 e. The Morgan fingerprint density at radius 2 is 1.75 bits per heavy atom. The number of para-hydroxylation sites is 1. The zero-order valence-corrected chi connectivity index (χ0v) is 16.6. The third-order valence-electron chi connectivity index (χ3n) is 3.78. The van der Waals surface area contributed by atoms with Crippen LogP contribution < -0.4 is 0 Å². The Morgan fingerprint density at radius 1 is 1.14 bits per heavy atom. The van der Waals surface area contributed by atoms with Gasteiger partial charge in [-0.15, -0.1) is 0 Å². The van der Waals surface area contributed by atoms with Gasteiger partial charge in [0.2, 0.25) is 0 Å². The van der Waals surface area contributed by atoms with Crippen LogP contribution >= 0.6 is 0 Å². The Balaban J connectivity index is 2.59. The second-order valence-corrected chi connectivity index (χ2v) is 7.88. The van der Waals surface area contributed by atoms with E-state index in [-0.39, 0.29) is 27.7 Å². The molecule has 0 bridgehead atoms. The smallest absolute Gasteiger partial charge is 0.308 e. The van der Waals surface area contributed by atoms with Crippen molar-refractivity contribution in [3.63, 3.8) is 0 Å². The number of rotatable bonds is 6. The summed E-state index contributed by atoms with van der Waals surface area (Å²) < 4.78 is 31.9. The minimum absolute atomic E-state index is 0.0348. The minimum atomic E-state index is -4.01. The van der Waals surface area contributed by atoms with Gasteiger partial charge in [0, 0.05) is 19.5 Å². The van der Waals surface area contributed by atoms with Gasteiger partial charge in [-0.05, 0) is 31.2 Å². The molecule has 0 N–H and O–H groups in total. The summed E-state index contributed by atoms with van der Waals surface area (Å²) in [6.07, 6.45) is 0.597. The fourth-order valence-corrected chi connectivity index (χ4v) is 3.48. The second-order valence-electron chi connectivity index (χ2n) is 5.91. The average Bonchev–Trinajstić information content (AvgIpc) is 2.65. The molecule has 0 unspecified atom stereocenters. The fourth-order valence-electron chi connectivity index (χ4n) is 2.31. The first-order chi connectivity index (χ1) is 13.2. The molecule has 0 saturated carbocycles. The number of carbonyl (C=O) groups is 2. The molecule has 0 aliphatic rings. The highest BCUT2D eigenvalue weighted by Gasteiger charge is 2.27. The number of aldehydes is 1. The van der Waals surface area contributed by atoms with Crippen LogP contribution in [0.1, 0.15) is 22.8 Å². The summed E-state index contributed by atoms with van der Waals surface area (Å²) in [5.74, 6) is -1.15. The lowest BCUT2D eigenvalue weighted by molar-refractivity contribution is -0.136. The number of esters is 1. The van der Waals surface area contributed by atoms with Crippen LogP contribution in [0.5, 0.6) is 0 Å². The SMILES string of the molecule is C=C(OC(C)=O)C(=Nc1ccccc1C=O)N(C)S(=O)(=O)c1ccc(C)cc1. The lowest BCUT2D eigenvalue weighted by atomic mass is 10.2. The highest BCUT2D eigenvalue weighted by molar-refractivity contribution is 7.89. The summed E-state index contributed by atoms with van der Waals surface area (Å²) in [5, 5.41) is 0. The van der Waals surface area contributed by atoms with E-state index in [0.29, 0.717) is 6.29 Å². The number of aryl methyl sites for hydroxylation is 1. The van der Waals surface area contributed by atoms with Crippen LogP contribution in [0, 0.1) is 6.92 Å². The maximum absolute atomic E-state index is 13.0. The molecule has 0 amide bonds. The number of nitrogens with zero attached hydrogens (tertiary/aromatic N) is 2. The molecule has 0 spiro atoms. The molecule has 7 nitrogen and oxygen atoms in total.